The summed E-state index contributed by atoms with van der Waals surface area (Å²) in [5.74, 6) is 4.39. The minimum atomic E-state index is -0.149. The topological polar surface area (TPSA) is 34.1 Å². The Kier molecular flexibility index (Phi) is 5.62. The summed E-state index contributed by atoms with van der Waals surface area (Å²) in [7, 11) is 0. The van der Waals surface area contributed by atoms with Crippen molar-refractivity contribution >= 4 is 11.6 Å². The molecule has 3 saturated carbocycles. The van der Waals surface area contributed by atoms with E-state index in [1.165, 1.54) is 50.5 Å². The molecule has 2 nitrogen and oxygen atoms in total. The standard InChI is InChI=1S/C27H42O2/c1-17(2)7-6-8-18(3)21-11-12-22-20-10-9-19-15-24(28)25(29)16-27(19,5)23(20)13-14-26(21,22)4/h9,17-18,20-23H,6-8,10-16H2,1-5H3/t18-,20+,21-,22+,23+,26-,27+/m1/s1. The molecule has 0 radical (unpaired) electrons. The van der Waals surface area contributed by atoms with Crippen LogP contribution in [0.25, 0.3) is 0 Å². The van der Waals surface area contributed by atoms with E-state index in [2.05, 4.69) is 40.7 Å². The number of hydrogen-bond acceptors (Lipinski definition) is 2. The molecule has 0 bridgehead atoms. The molecule has 3 fully saturated rings. The Morgan fingerprint density at radius 3 is 2.48 bits per heavy atom. The first-order valence-corrected chi connectivity index (χ1v) is 12.4. The molecule has 0 spiro atoms. The smallest absolute Gasteiger partial charge is 0.202 e. The van der Waals surface area contributed by atoms with Gasteiger partial charge in [0.25, 0.3) is 0 Å². The van der Waals surface area contributed by atoms with E-state index in [9.17, 15) is 9.59 Å². The third-order valence-electron chi connectivity index (χ3n) is 10.0. The van der Waals surface area contributed by atoms with Crippen LogP contribution in [0.1, 0.15) is 98.8 Å². The lowest BCUT2D eigenvalue weighted by molar-refractivity contribution is -0.141. The van der Waals surface area contributed by atoms with Crippen molar-refractivity contribution in [2.45, 2.75) is 98.8 Å². The summed E-state index contributed by atoms with van der Waals surface area (Å²) in [6, 6.07) is 0. The Morgan fingerprint density at radius 2 is 1.76 bits per heavy atom. The van der Waals surface area contributed by atoms with Gasteiger partial charge < -0.3 is 0 Å². The zero-order chi connectivity index (χ0) is 21.0. The van der Waals surface area contributed by atoms with Gasteiger partial charge >= 0.3 is 0 Å². The molecule has 4 aliphatic carbocycles. The molecule has 0 amide bonds. The second-order valence-corrected chi connectivity index (χ2v) is 12.0. The maximum atomic E-state index is 12.3. The average molecular weight is 399 g/mol. The monoisotopic (exact) mass is 398 g/mol. The van der Waals surface area contributed by atoms with E-state index >= 15 is 0 Å². The summed E-state index contributed by atoms with van der Waals surface area (Å²) in [5.41, 5.74) is 1.73. The quantitative estimate of drug-likeness (QED) is 0.378. The average Bonchev–Trinajstić information content (AvgIpc) is 3.00. The number of carbonyl (C=O) groups excluding carboxylic acids is 2. The summed E-state index contributed by atoms with van der Waals surface area (Å²) in [6.45, 7) is 12.1. The van der Waals surface area contributed by atoms with Crippen molar-refractivity contribution in [3.63, 3.8) is 0 Å². The van der Waals surface area contributed by atoms with Crippen molar-refractivity contribution in [1.82, 2.24) is 0 Å². The first-order valence-electron chi connectivity index (χ1n) is 12.4. The first kappa shape index (κ1) is 21.3. The SMILES string of the molecule is CC(C)CCC[C@@H](C)[C@H]1CC[C@H]2[C@@H]3CC=C4CC(=O)C(=O)C[C@]4(C)[C@H]3CC[C@]12C. The first-order chi connectivity index (χ1) is 13.7. The largest absolute Gasteiger partial charge is 0.291 e. The van der Waals surface area contributed by atoms with Crippen LogP contribution >= 0.6 is 0 Å². The molecule has 0 aromatic heterocycles. The molecule has 2 heteroatoms. The second kappa shape index (κ2) is 7.65. The van der Waals surface area contributed by atoms with Gasteiger partial charge in [-0.25, -0.2) is 0 Å². The molecule has 0 unspecified atom stereocenters. The summed E-state index contributed by atoms with van der Waals surface area (Å²) >= 11 is 0. The van der Waals surface area contributed by atoms with E-state index in [1.807, 2.05) is 0 Å². The van der Waals surface area contributed by atoms with Gasteiger partial charge in [0.05, 0.1) is 0 Å². The molecule has 4 rings (SSSR count). The van der Waals surface area contributed by atoms with Gasteiger partial charge in [-0.3, -0.25) is 9.59 Å². The van der Waals surface area contributed by atoms with E-state index in [0.29, 0.717) is 24.2 Å². The second-order valence-electron chi connectivity index (χ2n) is 12.0. The number of fused-ring (bicyclic) bond motifs is 5. The fourth-order valence-corrected chi connectivity index (χ4v) is 8.40. The Labute approximate surface area is 178 Å². The summed E-state index contributed by atoms with van der Waals surface area (Å²) in [5, 5.41) is 0. The third-order valence-corrected chi connectivity index (χ3v) is 10.0. The van der Waals surface area contributed by atoms with Gasteiger partial charge in [0.15, 0.2) is 5.78 Å². The van der Waals surface area contributed by atoms with Gasteiger partial charge in [-0.05, 0) is 78.4 Å². The molecule has 0 heterocycles. The molecular formula is C27H42O2. The fraction of sp³-hybridized carbons (Fsp3) is 0.852. The van der Waals surface area contributed by atoms with Crippen LogP contribution in [0.15, 0.2) is 11.6 Å². The van der Waals surface area contributed by atoms with Gasteiger partial charge in [-0.2, -0.15) is 0 Å². The van der Waals surface area contributed by atoms with E-state index in [1.54, 1.807) is 0 Å². The van der Waals surface area contributed by atoms with Crippen LogP contribution in [0, 0.1) is 46.3 Å². The van der Waals surface area contributed by atoms with Gasteiger partial charge in [-0.15, -0.1) is 0 Å². The normalized spacial score (nSPS) is 42.9. The van der Waals surface area contributed by atoms with E-state index in [-0.39, 0.29) is 17.0 Å². The molecule has 0 N–H and O–H groups in total. The molecular weight excluding hydrogens is 356 g/mol. The number of allylic oxidation sites excluding steroid dienone is 2. The van der Waals surface area contributed by atoms with Crippen LogP contribution in [-0.2, 0) is 9.59 Å². The zero-order valence-electron chi connectivity index (χ0n) is 19.4. The Bertz CT molecular complexity index is 703. The maximum absolute atomic E-state index is 12.3. The molecule has 29 heavy (non-hydrogen) atoms. The zero-order valence-corrected chi connectivity index (χ0v) is 19.4. The summed E-state index contributed by atoms with van der Waals surface area (Å²) < 4.78 is 0. The van der Waals surface area contributed by atoms with Crippen LogP contribution in [0.2, 0.25) is 0 Å². The molecule has 0 aromatic rings. The van der Waals surface area contributed by atoms with Crippen molar-refractivity contribution in [2.75, 3.05) is 0 Å². The van der Waals surface area contributed by atoms with Crippen molar-refractivity contribution < 1.29 is 9.59 Å². The summed E-state index contributed by atoms with van der Waals surface area (Å²) in [4.78, 5) is 24.4. The Balaban J connectivity index is 1.52. The van der Waals surface area contributed by atoms with E-state index in [0.717, 1.165) is 36.0 Å². The lowest BCUT2D eigenvalue weighted by atomic mass is 9.47. The molecule has 0 saturated heterocycles. The van der Waals surface area contributed by atoms with E-state index in [4.69, 9.17) is 0 Å². The molecule has 4 aliphatic rings. The number of hydrogen-bond donors (Lipinski definition) is 0. The maximum Gasteiger partial charge on any atom is 0.202 e. The van der Waals surface area contributed by atoms with Crippen LogP contribution in [0.3, 0.4) is 0 Å². The van der Waals surface area contributed by atoms with Crippen molar-refractivity contribution in [1.29, 1.82) is 0 Å². The number of carbonyl (C=O) groups is 2. The number of Topliss-reactive ketones (excluding diaryl/α,β-unsaturated/α-hetero) is 2. The van der Waals surface area contributed by atoms with Crippen LogP contribution < -0.4 is 0 Å². The van der Waals surface area contributed by atoms with E-state index < -0.39 is 0 Å². The van der Waals surface area contributed by atoms with Crippen LogP contribution in [-0.4, -0.2) is 11.6 Å². The highest BCUT2D eigenvalue weighted by molar-refractivity contribution is 6.38. The highest BCUT2D eigenvalue weighted by Gasteiger charge is 2.59. The molecule has 7 atom stereocenters. The lowest BCUT2D eigenvalue weighted by Gasteiger charge is -2.57. The van der Waals surface area contributed by atoms with Crippen LogP contribution in [0.4, 0.5) is 0 Å². The molecule has 162 valence electrons. The Morgan fingerprint density at radius 1 is 1.00 bits per heavy atom. The molecule has 0 aromatic carbocycles. The number of ketones is 2. The number of rotatable bonds is 5. The highest BCUT2D eigenvalue weighted by atomic mass is 16.2. The van der Waals surface area contributed by atoms with Gasteiger partial charge in [0.1, 0.15) is 0 Å². The predicted molar refractivity (Wildman–Crippen MR) is 118 cm³/mol. The third kappa shape index (κ3) is 3.47. The van der Waals surface area contributed by atoms with Crippen molar-refractivity contribution in [2.24, 2.45) is 46.3 Å². The minimum absolute atomic E-state index is 0.0454. The predicted octanol–water partition coefficient (Wildman–Crippen LogP) is 6.78. The fourth-order valence-electron chi connectivity index (χ4n) is 8.40. The van der Waals surface area contributed by atoms with Gasteiger partial charge in [0, 0.05) is 12.8 Å². The highest BCUT2D eigenvalue weighted by Crippen LogP contribution is 2.67. The minimum Gasteiger partial charge on any atom is -0.291 e. The van der Waals surface area contributed by atoms with Crippen LogP contribution in [0.5, 0.6) is 0 Å². The molecule has 0 aliphatic heterocycles. The summed E-state index contributed by atoms with van der Waals surface area (Å²) in [6.07, 6.45) is 13.9. The van der Waals surface area contributed by atoms with Crippen molar-refractivity contribution in [3.8, 4) is 0 Å². The lowest BCUT2D eigenvalue weighted by Crippen LogP contribution is -2.51. The van der Waals surface area contributed by atoms with Gasteiger partial charge in [0.2, 0.25) is 5.78 Å². The Hall–Kier alpha value is -0.920. The van der Waals surface area contributed by atoms with Crippen molar-refractivity contribution in [3.05, 3.63) is 11.6 Å². The van der Waals surface area contributed by atoms with Gasteiger partial charge in [-0.1, -0.05) is 65.5 Å².